The van der Waals surface area contributed by atoms with Crippen LogP contribution in [0.1, 0.15) is 40.3 Å². The molecule has 5 nitrogen and oxygen atoms in total. The lowest BCUT2D eigenvalue weighted by Crippen LogP contribution is -2.29. The first-order valence-corrected chi connectivity index (χ1v) is 12.6. The summed E-state index contributed by atoms with van der Waals surface area (Å²) in [7, 11) is 0. The van der Waals surface area contributed by atoms with E-state index < -0.39 is 0 Å². The summed E-state index contributed by atoms with van der Waals surface area (Å²) < 4.78 is 2.37. The van der Waals surface area contributed by atoms with E-state index in [1.165, 1.54) is 33.4 Å². The molecular weight excluding hydrogens is 462 g/mol. The Morgan fingerprint density at radius 3 is 2.56 bits per heavy atom. The number of benzene rings is 2. The molecule has 2 atom stereocenters. The maximum Gasteiger partial charge on any atom is 0.170 e. The molecule has 0 unspecified atom stereocenters. The van der Waals surface area contributed by atoms with Gasteiger partial charge in [-0.1, -0.05) is 48.5 Å². The van der Waals surface area contributed by atoms with Crippen LogP contribution in [0, 0.1) is 13.8 Å². The second-order valence-corrected chi connectivity index (χ2v) is 9.66. The van der Waals surface area contributed by atoms with Gasteiger partial charge >= 0.3 is 0 Å². The molecule has 1 aliphatic heterocycles. The van der Waals surface area contributed by atoms with Crippen molar-refractivity contribution in [3.8, 4) is 5.69 Å². The molecule has 1 N–H and O–H groups in total. The number of aromatic nitrogens is 3. The predicted octanol–water partition coefficient (Wildman–Crippen LogP) is 6.21. The second kappa shape index (κ2) is 9.21. The van der Waals surface area contributed by atoms with Gasteiger partial charge < -0.3 is 14.8 Å². The van der Waals surface area contributed by atoms with Crippen LogP contribution < -0.4 is 5.32 Å². The van der Waals surface area contributed by atoms with E-state index in [4.69, 9.17) is 17.2 Å². The number of nitrogens with zero attached hydrogens (tertiary/aromatic N) is 4. The van der Waals surface area contributed by atoms with Crippen LogP contribution in [0.3, 0.4) is 0 Å². The van der Waals surface area contributed by atoms with Crippen LogP contribution in [0.5, 0.6) is 0 Å². The number of hydrogen-bond donors (Lipinski definition) is 1. The zero-order valence-corrected chi connectivity index (χ0v) is 21.1. The lowest BCUT2D eigenvalue weighted by Gasteiger charge is -2.28. The van der Waals surface area contributed by atoms with Crippen molar-refractivity contribution in [2.45, 2.75) is 32.5 Å². The van der Waals surface area contributed by atoms with E-state index in [2.05, 4.69) is 94.3 Å². The third-order valence-corrected chi connectivity index (χ3v) is 7.42. The van der Waals surface area contributed by atoms with Gasteiger partial charge in [0.1, 0.15) is 0 Å². The van der Waals surface area contributed by atoms with Crippen molar-refractivity contribution in [2.24, 2.45) is 0 Å². The number of pyridine rings is 2. The molecule has 0 spiro atoms. The largest absolute Gasteiger partial charge is 0.352 e. The summed E-state index contributed by atoms with van der Waals surface area (Å²) in [6.45, 7) is 5.06. The third kappa shape index (κ3) is 3.84. The molecule has 3 aromatic heterocycles. The minimum absolute atomic E-state index is 0.0115. The summed E-state index contributed by atoms with van der Waals surface area (Å²) in [6.07, 6.45) is 5.56. The normalized spacial score (nSPS) is 17.5. The molecule has 0 saturated carbocycles. The molecule has 5 aromatic rings. The van der Waals surface area contributed by atoms with Crippen molar-refractivity contribution in [1.82, 2.24) is 24.8 Å². The van der Waals surface area contributed by atoms with Gasteiger partial charge in [0.15, 0.2) is 5.11 Å². The molecule has 1 fully saturated rings. The fourth-order valence-electron chi connectivity index (χ4n) is 5.46. The minimum Gasteiger partial charge on any atom is -0.352 e. The van der Waals surface area contributed by atoms with E-state index in [0.29, 0.717) is 6.54 Å². The molecule has 4 heterocycles. The van der Waals surface area contributed by atoms with E-state index in [0.717, 1.165) is 16.4 Å². The summed E-state index contributed by atoms with van der Waals surface area (Å²) in [6, 6.07) is 27.4. The van der Waals surface area contributed by atoms with Crippen LogP contribution in [0.25, 0.3) is 16.5 Å². The van der Waals surface area contributed by atoms with Gasteiger partial charge in [-0.2, -0.15) is 0 Å². The highest BCUT2D eigenvalue weighted by atomic mass is 32.1. The van der Waals surface area contributed by atoms with Gasteiger partial charge in [0.2, 0.25) is 0 Å². The van der Waals surface area contributed by atoms with Crippen LogP contribution in [-0.4, -0.2) is 24.5 Å². The summed E-state index contributed by atoms with van der Waals surface area (Å²) >= 11 is 5.89. The Hall–Kier alpha value is -4.03. The molecule has 0 amide bonds. The predicted molar refractivity (Wildman–Crippen MR) is 148 cm³/mol. The molecular formula is C30H27N5S. The smallest absolute Gasteiger partial charge is 0.170 e. The summed E-state index contributed by atoms with van der Waals surface area (Å²) in [5.74, 6) is 0. The zero-order valence-electron chi connectivity index (χ0n) is 20.3. The summed E-state index contributed by atoms with van der Waals surface area (Å²) in [4.78, 5) is 11.3. The lowest BCUT2D eigenvalue weighted by atomic mass is 9.96. The van der Waals surface area contributed by atoms with Crippen molar-refractivity contribution in [2.75, 3.05) is 0 Å². The number of nitrogens with one attached hydrogen (secondary N) is 1. The Labute approximate surface area is 216 Å². The lowest BCUT2D eigenvalue weighted by molar-refractivity contribution is 0.310. The van der Waals surface area contributed by atoms with E-state index in [1.54, 1.807) is 6.20 Å². The first-order chi connectivity index (χ1) is 17.6. The molecule has 0 bridgehead atoms. The number of rotatable bonds is 5. The van der Waals surface area contributed by atoms with Crippen LogP contribution in [0.15, 0.2) is 97.5 Å². The highest BCUT2D eigenvalue weighted by Crippen LogP contribution is 2.42. The van der Waals surface area contributed by atoms with E-state index in [9.17, 15) is 0 Å². The highest BCUT2D eigenvalue weighted by Gasteiger charge is 2.41. The quantitative estimate of drug-likeness (QED) is 0.297. The summed E-state index contributed by atoms with van der Waals surface area (Å²) in [5, 5.41) is 6.78. The zero-order chi connectivity index (χ0) is 24.6. The molecule has 6 rings (SSSR count). The van der Waals surface area contributed by atoms with Crippen molar-refractivity contribution in [1.29, 1.82) is 0 Å². The number of fused-ring (bicyclic) bond motifs is 1. The number of aryl methyl sites for hydroxylation is 1. The van der Waals surface area contributed by atoms with Crippen LogP contribution in [0.2, 0.25) is 0 Å². The Morgan fingerprint density at radius 1 is 0.917 bits per heavy atom. The Morgan fingerprint density at radius 2 is 1.75 bits per heavy atom. The number of hydrogen-bond acceptors (Lipinski definition) is 3. The van der Waals surface area contributed by atoms with Gasteiger partial charge in [0, 0.05) is 41.9 Å². The number of thiocarbonyl (C=S) groups is 1. The standard InChI is InChI=1S/C30H27N5S/c1-20-17-25(21(2)35(20)27-14-7-11-23-10-3-4-12-24(23)27)29-28(26-13-5-6-16-32-26)33-30(36)34(29)19-22-9-8-15-31-18-22/h3-18,28-29H,19H2,1-2H3,(H,33,36)/t28-,29-/m1/s1. The van der Waals surface area contributed by atoms with E-state index in [-0.39, 0.29) is 12.1 Å². The highest BCUT2D eigenvalue weighted by molar-refractivity contribution is 7.80. The molecule has 1 saturated heterocycles. The minimum atomic E-state index is -0.0585. The topological polar surface area (TPSA) is 46.0 Å². The van der Waals surface area contributed by atoms with Gasteiger partial charge in [-0.05, 0) is 72.9 Å². The fourth-order valence-corrected chi connectivity index (χ4v) is 5.77. The van der Waals surface area contributed by atoms with Gasteiger partial charge in [-0.15, -0.1) is 0 Å². The van der Waals surface area contributed by atoms with Gasteiger partial charge in [0.05, 0.1) is 23.5 Å². The fraction of sp³-hybridized carbons (Fsp3) is 0.167. The molecule has 0 radical (unpaired) electrons. The van der Waals surface area contributed by atoms with Crippen molar-refractivity contribution in [3.63, 3.8) is 0 Å². The Bertz CT molecular complexity index is 1540. The maximum absolute atomic E-state index is 5.89. The monoisotopic (exact) mass is 489 g/mol. The SMILES string of the molecule is Cc1cc([C@@H]2[C@@H](c3ccccn3)NC(=S)N2Cc2cccnc2)c(C)n1-c1cccc2ccccc12. The van der Waals surface area contributed by atoms with Gasteiger partial charge in [-0.25, -0.2) is 0 Å². The molecule has 178 valence electrons. The van der Waals surface area contributed by atoms with Crippen molar-refractivity contribution < 1.29 is 0 Å². The Kier molecular flexibility index (Phi) is 5.74. The second-order valence-electron chi connectivity index (χ2n) is 9.28. The van der Waals surface area contributed by atoms with Gasteiger partial charge in [-0.3, -0.25) is 9.97 Å². The molecule has 2 aromatic carbocycles. The summed E-state index contributed by atoms with van der Waals surface area (Å²) in [5.41, 5.74) is 6.93. The van der Waals surface area contributed by atoms with Gasteiger partial charge in [0.25, 0.3) is 0 Å². The average Bonchev–Trinajstić information content (AvgIpc) is 3.39. The third-order valence-electron chi connectivity index (χ3n) is 7.07. The first kappa shape index (κ1) is 22.4. The maximum atomic E-state index is 5.89. The molecule has 0 aliphatic carbocycles. The van der Waals surface area contributed by atoms with E-state index >= 15 is 0 Å². The van der Waals surface area contributed by atoms with Crippen LogP contribution >= 0.6 is 12.2 Å². The average molecular weight is 490 g/mol. The van der Waals surface area contributed by atoms with Crippen molar-refractivity contribution >= 4 is 28.1 Å². The molecule has 36 heavy (non-hydrogen) atoms. The molecule has 1 aliphatic rings. The first-order valence-electron chi connectivity index (χ1n) is 12.2. The Balaban J connectivity index is 1.50. The van der Waals surface area contributed by atoms with E-state index in [1.807, 2.05) is 30.6 Å². The van der Waals surface area contributed by atoms with Crippen LogP contribution in [0.4, 0.5) is 0 Å². The van der Waals surface area contributed by atoms with Crippen LogP contribution in [-0.2, 0) is 6.54 Å². The van der Waals surface area contributed by atoms with Crippen molar-refractivity contribution in [3.05, 3.63) is 126 Å². The molecule has 6 heteroatoms.